The summed E-state index contributed by atoms with van der Waals surface area (Å²) in [7, 11) is 0. The number of nitrogens with one attached hydrogen (secondary N) is 1. The predicted octanol–water partition coefficient (Wildman–Crippen LogP) is 2.99. The highest BCUT2D eigenvalue weighted by Crippen LogP contribution is 2.24. The van der Waals surface area contributed by atoms with Gasteiger partial charge in [-0.2, -0.15) is 0 Å². The zero-order valence-electron chi connectivity index (χ0n) is 18.8. The lowest BCUT2D eigenvalue weighted by atomic mass is 9.92. The van der Waals surface area contributed by atoms with Crippen LogP contribution in [-0.4, -0.2) is 51.8 Å². The first-order chi connectivity index (χ1) is 14.0. The van der Waals surface area contributed by atoms with Crippen LogP contribution >= 0.6 is 0 Å². The van der Waals surface area contributed by atoms with Crippen LogP contribution < -0.4 is 5.32 Å². The van der Waals surface area contributed by atoms with E-state index in [0.717, 1.165) is 35.7 Å². The molecule has 166 valence electrons. The van der Waals surface area contributed by atoms with Crippen molar-refractivity contribution in [2.45, 2.75) is 72.9 Å². The third kappa shape index (κ3) is 5.09. The summed E-state index contributed by atoms with van der Waals surface area (Å²) in [5.74, 6) is -1.16. The van der Waals surface area contributed by atoms with Gasteiger partial charge in [-0.05, 0) is 52.0 Å². The molecule has 30 heavy (non-hydrogen) atoms. The van der Waals surface area contributed by atoms with E-state index in [-0.39, 0.29) is 5.78 Å². The summed E-state index contributed by atoms with van der Waals surface area (Å²) in [5.41, 5.74) is 1.31. The van der Waals surface area contributed by atoms with Gasteiger partial charge in [0.1, 0.15) is 12.1 Å². The molecule has 0 spiro atoms. The van der Waals surface area contributed by atoms with Crippen LogP contribution in [0, 0.1) is 19.8 Å². The Morgan fingerprint density at radius 1 is 1.23 bits per heavy atom. The number of carbonyl (C=O) groups excluding carboxylic acids is 4. The second-order valence-corrected chi connectivity index (χ2v) is 8.61. The average molecular weight is 420 g/mol. The number of urea groups is 1. The lowest BCUT2D eigenvalue weighted by Gasteiger charge is -2.22. The fraction of sp³-hybridized carbons (Fsp3) is 0.636. The molecule has 1 atom stereocenters. The number of nitrogens with zero attached hydrogens (tertiary/aromatic N) is 2. The van der Waals surface area contributed by atoms with E-state index in [9.17, 15) is 19.2 Å². The second kappa shape index (κ2) is 9.45. The molecule has 0 aromatic carbocycles. The highest BCUT2D eigenvalue weighted by molar-refractivity contribution is 6.08. The number of rotatable bonds is 10. The minimum absolute atomic E-state index is 0.308. The smallest absolute Gasteiger partial charge is 0.326 e. The van der Waals surface area contributed by atoms with Crippen molar-refractivity contribution in [1.29, 1.82) is 0 Å². The SMILES string of the molecule is CCCn1c(C)cc(C(=O)COC(=O)CN2C(=O)N[C@@](C)(CCC(C)C)C2=O)c1C. The number of hydrogen-bond acceptors (Lipinski definition) is 5. The Morgan fingerprint density at radius 2 is 1.90 bits per heavy atom. The van der Waals surface area contributed by atoms with Gasteiger partial charge in [0, 0.05) is 23.5 Å². The van der Waals surface area contributed by atoms with Gasteiger partial charge < -0.3 is 14.6 Å². The summed E-state index contributed by atoms with van der Waals surface area (Å²) in [4.78, 5) is 50.4. The van der Waals surface area contributed by atoms with Crippen LogP contribution in [0.25, 0.3) is 0 Å². The second-order valence-electron chi connectivity index (χ2n) is 8.61. The van der Waals surface area contributed by atoms with Crippen molar-refractivity contribution in [1.82, 2.24) is 14.8 Å². The number of ketones is 1. The van der Waals surface area contributed by atoms with Gasteiger partial charge in [0.05, 0.1) is 0 Å². The molecule has 1 N–H and O–H groups in total. The third-order valence-electron chi connectivity index (χ3n) is 5.54. The van der Waals surface area contributed by atoms with E-state index in [0.29, 0.717) is 17.9 Å². The molecule has 3 amide bonds. The zero-order valence-corrected chi connectivity index (χ0v) is 18.8. The molecular formula is C22H33N3O5. The van der Waals surface area contributed by atoms with E-state index in [1.165, 1.54) is 0 Å². The fourth-order valence-electron chi connectivity index (χ4n) is 3.69. The van der Waals surface area contributed by atoms with Crippen LogP contribution in [0.4, 0.5) is 4.79 Å². The van der Waals surface area contributed by atoms with E-state index < -0.39 is 36.6 Å². The lowest BCUT2D eigenvalue weighted by Crippen LogP contribution is -2.44. The summed E-state index contributed by atoms with van der Waals surface area (Å²) in [6, 6.07) is 1.18. The predicted molar refractivity (Wildman–Crippen MR) is 112 cm³/mol. The van der Waals surface area contributed by atoms with Gasteiger partial charge in [-0.3, -0.25) is 19.3 Å². The Kier molecular flexibility index (Phi) is 7.44. The molecule has 0 bridgehead atoms. The Labute approximate surface area is 177 Å². The zero-order chi connectivity index (χ0) is 22.6. The summed E-state index contributed by atoms with van der Waals surface area (Å²) < 4.78 is 7.13. The molecule has 1 aliphatic rings. The largest absolute Gasteiger partial charge is 0.456 e. The van der Waals surface area contributed by atoms with E-state index in [1.54, 1.807) is 13.0 Å². The Bertz CT molecular complexity index is 842. The molecule has 2 rings (SSSR count). The van der Waals surface area contributed by atoms with Crippen LogP contribution in [0.3, 0.4) is 0 Å². The van der Waals surface area contributed by atoms with Gasteiger partial charge in [-0.1, -0.05) is 20.8 Å². The maximum absolute atomic E-state index is 12.7. The molecule has 2 heterocycles. The van der Waals surface area contributed by atoms with Crippen LogP contribution in [0.15, 0.2) is 6.07 Å². The van der Waals surface area contributed by atoms with E-state index in [1.807, 2.05) is 27.7 Å². The standard InChI is InChI=1S/C22H33N3O5/c1-7-10-24-15(4)11-17(16(24)5)18(26)13-30-19(27)12-25-20(28)22(6,23-21(25)29)9-8-14(2)3/h11,14H,7-10,12-13H2,1-6H3,(H,23,29)/t22-/m0/s1. The first-order valence-corrected chi connectivity index (χ1v) is 10.5. The van der Waals surface area contributed by atoms with Gasteiger partial charge in [-0.15, -0.1) is 0 Å². The molecule has 8 nitrogen and oxygen atoms in total. The van der Waals surface area contributed by atoms with Crippen molar-refractivity contribution >= 4 is 23.7 Å². The monoisotopic (exact) mass is 419 g/mol. The number of aromatic nitrogens is 1. The summed E-state index contributed by atoms with van der Waals surface area (Å²) >= 11 is 0. The normalized spacial score (nSPS) is 18.8. The van der Waals surface area contributed by atoms with Crippen LogP contribution in [0.1, 0.15) is 68.7 Å². The number of esters is 1. The molecule has 1 aromatic heterocycles. The van der Waals surface area contributed by atoms with Crippen LogP contribution in [0.5, 0.6) is 0 Å². The Balaban J connectivity index is 1.95. The summed E-state index contributed by atoms with van der Waals surface area (Å²) in [6.07, 6.45) is 2.21. The van der Waals surface area contributed by atoms with Crippen molar-refractivity contribution in [3.8, 4) is 0 Å². The van der Waals surface area contributed by atoms with Gasteiger partial charge in [0.15, 0.2) is 6.61 Å². The maximum atomic E-state index is 12.7. The Morgan fingerprint density at radius 3 is 2.50 bits per heavy atom. The van der Waals surface area contributed by atoms with E-state index in [4.69, 9.17) is 4.74 Å². The number of imide groups is 1. The average Bonchev–Trinajstić information content (AvgIpc) is 3.07. The van der Waals surface area contributed by atoms with Crippen molar-refractivity contribution in [2.75, 3.05) is 13.2 Å². The minimum atomic E-state index is -1.02. The molecule has 1 aliphatic heterocycles. The molecule has 1 fully saturated rings. The van der Waals surface area contributed by atoms with Crippen molar-refractivity contribution < 1.29 is 23.9 Å². The van der Waals surface area contributed by atoms with Gasteiger partial charge >= 0.3 is 12.0 Å². The molecule has 0 unspecified atom stereocenters. The highest BCUT2D eigenvalue weighted by Gasteiger charge is 2.48. The van der Waals surface area contributed by atoms with Crippen molar-refractivity contribution in [2.24, 2.45) is 5.92 Å². The number of Topliss-reactive ketones (excluding diaryl/α,β-unsaturated/α-hetero) is 1. The first-order valence-electron chi connectivity index (χ1n) is 10.5. The molecule has 8 heteroatoms. The minimum Gasteiger partial charge on any atom is -0.456 e. The maximum Gasteiger partial charge on any atom is 0.326 e. The summed E-state index contributed by atoms with van der Waals surface area (Å²) in [5, 5.41) is 2.67. The number of hydrogen-bond donors (Lipinski definition) is 1. The number of carbonyl (C=O) groups is 4. The molecule has 0 saturated carbocycles. The topological polar surface area (TPSA) is 97.7 Å². The first kappa shape index (κ1) is 23.6. The third-order valence-corrected chi connectivity index (χ3v) is 5.54. The Hall–Kier alpha value is -2.64. The number of ether oxygens (including phenoxy) is 1. The molecule has 0 aliphatic carbocycles. The van der Waals surface area contributed by atoms with E-state index >= 15 is 0 Å². The number of amides is 3. The molecular weight excluding hydrogens is 386 g/mol. The lowest BCUT2D eigenvalue weighted by molar-refractivity contribution is -0.146. The van der Waals surface area contributed by atoms with Crippen molar-refractivity contribution in [3.05, 3.63) is 23.0 Å². The molecule has 1 saturated heterocycles. The van der Waals surface area contributed by atoms with Gasteiger partial charge in [-0.25, -0.2) is 4.79 Å². The van der Waals surface area contributed by atoms with Crippen molar-refractivity contribution in [3.63, 3.8) is 0 Å². The van der Waals surface area contributed by atoms with Crippen LogP contribution in [-0.2, 0) is 20.9 Å². The van der Waals surface area contributed by atoms with Crippen LogP contribution in [0.2, 0.25) is 0 Å². The van der Waals surface area contributed by atoms with Gasteiger partial charge in [0.2, 0.25) is 5.78 Å². The fourth-order valence-corrected chi connectivity index (χ4v) is 3.69. The molecule has 1 aromatic rings. The summed E-state index contributed by atoms with van der Waals surface area (Å²) in [6.45, 7) is 11.5. The highest BCUT2D eigenvalue weighted by atomic mass is 16.5. The van der Waals surface area contributed by atoms with Gasteiger partial charge in [0.25, 0.3) is 5.91 Å². The quantitative estimate of drug-likeness (QED) is 0.357. The van der Waals surface area contributed by atoms with E-state index in [2.05, 4.69) is 16.8 Å². The molecule has 0 radical (unpaired) electrons. The number of aryl methyl sites for hydroxylation is 1.